The van der Waals surface area contributed by atoms with Crippen LogP contribution in [0.1, 0.15) is 65.8 Å². The van der Waals surface area contributed by atoms with Gasteiger partial charge in [-0.3, -0.25) is 4.79 Å². The largest absolute Gasteiger partial charge is 0.322 e. The number of carbonyl (C=O) groups excluding carboxylic acids is 1. The van der Waals surface area contributed by atoms with Crippen LogP contribution in [0.2, 0.25) is 0 Å². The van der Waals surface area contributed by atoms with Crippen LogP contribution in [0, 0.1) is 17.2 Å². The summed E-state index contributed by atoms with van der Waals surface area (Å²) >= 11 is 0. The minimum Gasteiger partial charge on any atom is -0.322 e. The van der Waals surface area contributed by atoms with Crippen LogP contribution in [0.3, 0.4) is 0 Å². The Morgan fingerprint density at radius 2 is 2.10 bits per heavy atom. The predicted molar refractivity (Wildman–Crippen MR) is 144 cm³/mol. The van der Waals surface area contributed by atoms with E-state index in [2.05, 4.69) is 31.9 Å². The number of nitrogens with one attached hydrogen (secondary N) is 2. The maximum atomic E-state index is 13.6. The van der Waals surface area contributed by atoms with Crippen LogP contribution in [-0.2, 0) is 19.0 Å². The van der Waals surface area contributed by atoms with E-state index in [1.54, 1.807) is 29.2 Å². The molecular formula is C29H30F2N8O. The first kappa shape index (κ1) is 26.1. The number of benzene rings is 1. The molecule has 1 amide bonds. The fourth-order valence-electron chi connectivity index (χ4n) is 6.30. The number of anilines is 1. The standard InChI is InChI=1S/C29H30F2N8O/c1-38-18-35-37-27(38)28(13-19(14-28)6-8-32)21-3-2-4-22(12-21)36-26(40)24-11-20(17-39-10-9-33-25(24)39)16-34-23-5-7-29(30,31)15-23/h2-4,9-12,17-19,23,34H,5-7,13-16H2,1H3,(H,36,40)/t19?,23-,28?/m0/s1. The second-order valence-electron chi connectivity index (χ2n) is 11.1. The second kappa shape index (κ2) is 10.1. The van der Waals surface area contributed by atoms with Crippen molar-refractivity contribution in [3.05, 3.63) is 77.8 Å². The summed E-state index contributed by atoms with van der Waals surface area (Å²) in [7, 11) is 1.91. The summed E-state index contributed by atoms with van der Waals surface area (Å²) in [6.45, 7) is 0.370. The van der Waals surface area contributed by atoms with Gasteiger partial charge in [0.2, 0.25) is 5.92 Å². The number of aromatic nitrogens is 5. The monoisotopic (exact) mass is 544 g/mol. The number of amides is 1. The molecular weight excluding hydrogens is 514 g/mol. The van der Waals surface area contributed by atoms with Crippen molar-refractivity contribution in [3.8, 4) is 6.07 Å². The first-order chi connectivity index (χ1) is 19.3. The quantitative estimate of drug-likeness (QED) is 0.335. The molecule has 4 aromatic rings. The third-order valence-corrected chi connectivity index (χ3v) is 8.25. The maximum Gasteiger partial charge on any atom is 0.259 e. The molecule has 0 aliphatic heterocycles. The van der Waals surface area contributed by atoms with E-state index in [0.717, 1.165) is 29.8 Å². The number of rotatable bonds is 8. The highest BCUT2D eigenvalue weighted by molar-refractivity contribution is 6.08. The summed E-state index contributed by atoms with van der Waals surface area (Å²) < 4.78 is 30.9. The maximum absolute atomic E-state index is 13.6. The van der Waals surface area contributed by atoms with Crippen LogP contribution >= 0.6 is 0 Å². The summed E-state index contributed by atoms with van der Waals surface area (Å²) in [6.07, 6.45) is 9.13. The number of hydrogen-bond acceptors (Lipinski definition) is 6. The zero-order valence-corrected chi connectivity index (χ0v) is 22.1. The van der Waals surface area contributed by atoms with Crippen molar-refractivity contribution in [2.24, 2.45) is 13.0 Å². The molecule has 206 valence electrons. The Balaban J connectivity index is 1.24. The summed E-state index contributed by atoms with van der Waals surface area (Å²) in [5.41, 5.74) is 2.97. The minimum atomic E-state index is -2.62. The number of nitrogens with zero attached hydrogens (tertiary/aromatic N) is 6. The van der Waals surface area contributed by atoms with Crippen molar-refractivity contribution >= 4 is 17.2 Å². The smallest absolute Gasteiger partial charge is 0.259 e. The second-order valence-corrected chi connectivity index (χ2v) is 11.1. The van der Waals surface area contributed by atoms with Gasteiger partial charge in [0.05, 0.1) is 17.0 Å². The van der Waals surface area contributed by atoms with Crippen LogP contribution in [0.15, 0.2) is 55.2 Å². The molecule has 3 aromatic heterocycles. The molecule has 1 aromatic carbocycles. The Hall–Kier alpha value is -4.17. The molecule has 0 spiro atoms. The molecule has 11 heteroatoms. The van der Waals surface area contributed by atoms with E-state index in [1.165, 1.54) is 0 Å². The van der Waals surface area contributed by atoms with E-state index in [-0.39, 0.29) is 36.1 Å². The predicted octanol–water partition coefficient (Wildman–Crippen LogP) is 4.60. The summed E-state index contributed by atoms with van der Waals surface area (Å²) in [4.78, 5) is 17.9. The van der Waals surface area contributed by atoms with E-state index in [1.807, 2.05) is 42.1 Å². The molecule has 40 heavy (non-hydrogen) atoms. The number of halogens is 2. The first-order valence-electron chi connectivity index (χ1n) is 13.5. The molecule has 0 saturated heterocycles. The van der Waals surface area contributed by atoms with Gasteiger partial charge in [-0.2, -0.15) is 5.26 Å². The van der Waals surface area contributed by atoms with Crippen molar-refractivity contribution in [3.63, 3.8) is 0 Å². The van der Waals surface area contributed by atoms with Crippen molar-refractivity contribution in [1.29, 1.82) is 5.26 Å². The first-order valence-corrected chi connectivity index (χ1v) is 13.5. The van der Waals surface area contributed by atoms with Crippen LogP contribution in [0.5, 0.6) is 0 Å². The molecule has 3 heterocycles. The molecule has 2 aliphatic rings. The highest BCUT2D eigenvalue weighted by atomic mass is 19.3. The molecule has 6 rings (SSSR count). The van der Waals surface area contributed by atoms with Crippen molar-refractivity contribution < 1.29 is 13.6 Å². The SMILES string of the molecule is Cn1cnnc1C1(c2cccc(NC(=O)c3cc(CN[C@H]4CCC(F)(F)C4)cn4ccnc34)c2)CC(CC#N)C1. The Morgan fingerprint density at radius 1 is 1.25 bits per heavy atom. The number of imidazole rings is 1. The minimum absolute atomic E-state index is 0.102. The zero-order chi connectivity index (χ0) is 27.9. The van der Waals surface area contributed by atoms with E-state index in [9.17, 15) is 18.8 Å². The third kappa shape index (κ3) is 4.84. The molecule has 1 atom stereocenters. The lowest BCUT2D eigenvalue weighted by Gasteiger charge is -2.46. The van der Waals surface area contributed by atoms with Gasteiger partial charge in [-0.15, -0.1) is 10.2 Å². The summed E-state index contributed by atoms with van der Waals surface area (Å²) in [6, 6.07) is 11.5. The van der Waals surface area contributed by atoms with Gasteiger partial charge in [0.1, 0.15) is 17.8 Å². The summed E-state index contributed by atoms with van der Waals surface area (Å²) in [5, 5.41) is 23.9. The van der Waals surface area contributed by atoms with Crippen LogP contribution in [-0.4, -0.2) is 42.0 Å². The number of fused-ring (bicyclic) bond motifs is 1. The van der Waals surface area contributed by atoms with Gasteiger partial charge >= 0.3 is 0 Å². The van der Waals surface area contributed by atoms with Crippen LogP contribution < -0.4 is 10.6 Å². The number of hydrogen-bond donors (Lipinski definition) is 2. The molecule has 0 radical (unpaired) electrons. The average molecular weight is 545 g/mol. The molecule has 9 nitrogen and oxygen atoms in total. The lowest BCUT2D eigenvalue weighted by molar-refractivity contribution is 0.00686. The van der Waals surface area contributed by atoms with Crippen molar-refractivity contribution in [2.75, 3.05) is 5.32 Å². The Bertz CT molecular complexity index is 1600. The fourth-order valence-corrected chi connectivity index (χ4v) is 6.30. The molecule has 2 aliphatic carbocycles. The van der Waals surface area contributed by atoms with Gasteiger partial charge in [0.15, 0.2) is 0 Å². The number of aryl methyl sites for hydroxylation is 1. The highest BCUT2D eigenvalue weighted by Gasteiger charge is 2.49. The number of carbonyl (C=O) groups is 1. The molecule has 0 unspecified atom stereocenters. The van der Waals surface area contributed by atoms with Gasteiger partial charge in [0, 0.05) is 63.2 Å². The van der Waals surface area contributed by atoms with Gasteiger partial charge < -0.3 is 19.6 Å². The topological polar surface area (TPSA) is 113 Å². The number of nitriles is 1. The third-order valence-electron chi connectivity index (χ3n) is 8.25. The van der Waals surface area contributed by atoms with Crippen LogP contribution in [0.25, 0.3) is 5.65 Å². The number of pyridine rings is 1. The van der Waals surface area contributed by atoms with E-state index in [0.29, 0.717) is 36.3 Å². The molecule has 2 fully saturated rings. The van der Waals surface area contributed by atoms with E-state index < -0.39 is 5.92 Å². The van der Waals surface area contributed by atoms with Crippen molar-refractivity contribution in [1.82, 2.24) is 29.5 Å². The van der Waals surface area contributed by atoms with Crippen LogP contribution in [0.4, 0.5) is 14.5 Å². The van der Waals surface area contributed by atoms with Gasteiger partial charge in [0.25, 0.3) is 5.91 Å². The van der Waals surface area contributed by atoms with Crippen molar-refractivity contribution in [2.45, 2.75) is 62.4 Å². The fraction of sp³-hybridized carbons (Fsp3) is 0.414. The van der Waals surface area contributed by atoms with E-state index >= 15 is 0 Å². The lowest BCUT2D eigenvalue weighted by atomic mass is 9.57. The number of alkyl halides is 2. The Morgan fingerprint density at radius 3 is 2.83 bits per heavy atom. The normalized spacial score (nSPS) is 23.6. The lowest BCUT2D eigenvalue weighted by Crippen LogP contribution is -2.44. The highest BCUT2D eigenvalue weighted by Crippen LogP contribution is 2.53. The van der Waals surface area contributed by atoms with Gasteiger partial charge in [-0.05, 0) is 54.5 Å². The Kier molecular flexibility index (Phi) is 6.58. The summed E-state index contributed by atoms with van der Waals surface area (Å²) in [5.74, 6) is -1.82. The van der Waals surface area contributed by atoms with Gasteiger partial charge in [-0.25, -0.2) is 13.8 Å². The molecule has 2 N–H and O–H groups in total. The molecule has 2 saturated carbocycles. The van der Waals surface area contributed by atoms with E-state index in [4.69, 9.17) is 0 Å². The molecule has 0 bridgehead atoms. The van der Waals surface area contributed by atoms with Gasteiger partial charge in [-0.1, -0.05) is 12.1 Å². The average Bonchev–Trinajstić information content (AvgIpc) is 3.64. The zero-order valence-electron chi connectivity index (χ0n) is 22.1. The Labute approximate surface area is 230 Å².